The molecule has 0 aliphatic rings. The molecule has 2 aromatic rings. The molecule has 0 spiro atoms. The molecule has 1 unspecified atom stereocenters. The highest BCUT2D eigenvalue weighted by Gasteiger charge is 2.17. The first-order valence-corrected chi connectivity index (χ1v) is 6.59. The van der Waals surface area contributed by atoms with Crippen molar-refractivity contribution in [3.8, 4) is 5.75 Å². The van der Waals surface area contributed by atoms with Gasteiger partial charge in [0.25, 0.3) is 0 Å². The van der Waals surface area contributed by atoms with Crippen molar-refractivity contribution in [3.63, 3.8) is 0 Å². The SMILES string of the molecule is NC(Cc1cccc(Cl)c1F)c1ccccc1OC(F)F. The van der Waals surface area contributed by atoms with Crippen LogP contribution in [0.1, 0.15) is 17.2 Å². The third kappa shape index (κ3) is 3.89. The lowest BCUT2D eigenvalue weighted by Gasteiger charge is -2.17. The van der Waals surface area contributed by atoms with Crippen molar-refractivity contribution < 1.29 is 17.9 Å². The summed E-state index contributed by atoms with van der Waals surface area (Å²) in [4.78, 5) is 0. The average molecular weight is 316 g/mol. The van der Waals surface area contributed by atoms with Crippen LogP contribution in [0.25, 0.3) is 0 Å². The van der Waals surface area contributed by atoms with Crippen LogP contribution in [0.2, 0.25) is 5.02 Å². The van der Waals surface area contributed by atoms with Crippen LogP contribution in [0.15, 0.2) is 42.5 Å². The van der Waals surface area contributed by atoms with Crippen LogP contribution in [-0.4, -0.2) is 6.61 Å². The minimum absolute atomic E-state index is 0.00295. The first-order chi connectivity index (χ1) is 9.99. The highest BCUT2D eigenvalue weighted by atomic mass is 35.5. The highest BCUT2D eigenvalue weighted by Crippen LogP contribution is 2.29. The van der Waals surface area contributed by atoms with Gasteiger partial charge >= 0.3 is 6.61 Å². The molecule has 0 radical (unpaired) electrons. The number of benzene rings is 2. The number of alkyl halides is 2. The van der Waals surface area contributed by atoms with E-state index in [-0.39, 0.29) is 17.2 Å². The fourth-order valence-electron chi connectivity index (χ4n) is 2.04. The van der Waals surface area contributed by atoms with Crippen LogP contribution < -0.4 is 10.5 Å². The summed E-state index contributed by atoms with van der Waals surface area (Å²) in [5, 5.41) is -0.00295. The lowest BCUT2D eigenvalue weighted by Crippen LogP contribution is -2.16. The Kier molecular flexibility index (Phi) is 5.09. The second-order valence-electron chi connectivity index (χ2n) is 4.44. The molecule has 0 aliphatic carbocycles. The van der Waals surface area contributed by atoms with Crippen molar-refractivity contribution in [2.24, 2.45) is 5.73 Å². The van der Waals surface area contributed by atoms with E-state index in [2.05, 4.69) is 4.74 Å². The first kappa shape index (κ1) is 15.7. The van der Waals surface area contributed by atoms with E-state index in [4.69, 9.17) is 17.3 Å². The molecular weight excluding hydrogens is 303 g/mol. The molecule has 0 fully saturated rings. The number of nitrogens with two attached hydrogens (primary N) is 1. The molecule has 0 heterocycles. The minimum Gasteiger partial charge on any atom is -0.434 e. The Hall–Kier alpha value is -1.72. The molecule has 2 rings (SSSR count). The summed E-state index contributed by atoms with van der Waals surface area (Å²) in [5.41, 5.74) is 6.70. The van der Waals surface area contributed by atoms with E-state index in [1.807, 2.05) is 0 Å². The topological polar surface area (TPSA) is 35.2 Å². The summed E-state index contributed by atoms with van der Waals surface area (Å²) in [5.74, 6) is -0.565. The normalized spacial score (nSPS) is 12.5. The maximum atomic E-state index is 13.8. The van der Waals surface area contributed by atoms with Gasteiger partial charge in [0.2, 0.25) is 0 Å². The Bertz CT molecular complexity index is 622. The summed E-state index contributed by atoms with van der Waals surface area (Å²) in [6, 6.07) is 10.1. The van der Waals surface area contributed by atoms with Gasteiger partial charge in [-0.25, -0.2) is 4.39 Å². The fourth-order valence-corrected chi connectivity index (χ4v) is 2.24. The van der Waals surface area contributed by atoms with Crippen LogP contribution in [-0.2, 0) is 6.42 Å². The molecular formula is C15H13ClF3NO. The van der Waals surface area contributed by atoms with E-state index >= 15 is 0 Å². The molecule has 1 atom stereocenters. The predicted molar refractivity (Wildman–Crippen MR) is 75.1 cm³/mol. The number of para-hydroxylation sites is 1. The predicted octanol–water partition coefficient (Wildman–Crippen LogP) is 4.32. The third-order valence-electron chi connectivity index (χ3n) is 3.01. The van der Waals surface area contributed by atoms with Gasteiger partial charge in [-0.2, -0.15) is 8.78 Å². The van der Waals surface area contributed by atoms with Crippen LogP contribution in [0.3, 0.4) is 0 Å². The van der Waals surface area contributed by atoms with Gasteiger partial charge < -0.3 is 10.5 Å². The Balaban J connectivity index is 2.24. The highest BCUT2D eigenvalue weighted by molar-refractivity contribution is 6.30. The molecule has 0 amide bonds. The molecule has 6 heteroatoms. The number of hydrogen-bond acceptors (Lipinski definition) is 2. The minimum atomic E-state index is -2.94. The number of hydrogen-bond donors (Lipinski definition) is 1. The zero-order chi connectivity index (χ0) is 15.4. The third-order valence-corrected chi connectivity index (χ3v) is 3.30. The van der Waals surface area contributed by atoms with Gasteiger partial charge in [0.05, 0.1) is 5.02 Å². The van der Waals surface area contributed by atoms with E-state index < -0.39 is 18.5 Å². The molecule has 0 saturated carbocycles. The summed E-state index contributed by atoms with van der Waals surface area (Å²) in [6.07, 6.45) is 0.121. The van der Waals surface area contributed by atoms with Crippen molar-refractivity contribution in [3.05, 3.63) is 64.4 Å². The zero-order valence-electron chi connectivity index (χ0n) is 10.9. The van der Waals surface area contributed by atoms with E-state index in [0.29, 0.717) is 11.1 Å². The smallest absolute Gasteiger partial charge is 0.387 e. The second kappa shape index (κ2) is 6.83. The van der Waals surface area contributed by atoms with Gasteiger partial charge in [-0.3, -0.25) is 0 Å². The summed E-state index contributed by atoms with van der Waals surface area (Å²) in [6.45, 7) is -2.94. The van der Waals surface area contributed by atoms with Gasteiger partial charge in [-0.05, 0) is 24.1 Å². The van der Waals surface area contributed by atoms with E-state index in [0.717, 1.165) is 0 Å². The van der Waals surface area contributed by atoms with Gasteiger partial charge in [0.15, 0.2) is 0 Å². The zero-order valence-corrected chi connectivity index (χ0v) is 11.7. The maximum Gasteiger partial charge on any atom is 0.387 e. The summed E-state index contributed by atoms with van der Waals surface area (Å²) in [7, 11) is 0. The van der Waals surface area contributed by atoms with E-state index in [1.54, 1.807) is 30.3 Å². The van der Waals surface area contributed by atoms with Gasteiger partial charge in [0.1, 0.15) is 11.6 Å². The fraction of sp³-hybridized carbons (Fsp3) is 0.200. The second-order valence-corrected chi connectivity index (χ2v) is 4.85. The number of ether oxygens (including phenoxy) is 1. The van der Waals surface area contributed by atoms with Gasteiger partial charge in [-0.1, -0.05) is 41.9 Å². The van der Waals surface area contributed by atoms with Crippen molar-refractivity contribution in [2.45, 2.75) is 19.1 Å². The van der Waals surface area contributed by atoms with Gasteiger partial charge in [0, 0.05) is 11.6 Å². The van der Waals surface area contributed by atoms with Crippen molar-refractivity contribution in [2.75, 3.05) is 0 Å². The largest absolute Gasteiger partial charge is 0.434 e. The van der Waals surface area contributed by atoms with E-state index in [9.17, 15) is 13.2 Å². The molecule has 0 aromatic heterocycles. The molecule has 21 heavy (non-hydrogen) atoms. The van der Waals surface area contributed by atoms with Crippen LogP contribution >= 0.6 is 11.6 Å². The molecule has 0 aliphatic heterocycles. The molecule has 2 nitrogen and oxygen atoms in total. The van der Waals surface area contributed by atoms with Crippen molar-refractivity contribution in [1.29, 1.82) is 0 Å². The lowest BCUT2D eigenvalue weighted by molar-refractivity contribution is -0.0506. The molecule has 0 saturated heterocycles. The molecule has 2 N–H and O–H groups in total. The summed E-state index contributed by atoms with van der Waals surface area (Å²) < 4.78 is 43.0. The molecule has 0 bridgehead atoms. The number of halogens is 4. The first-order valence-electron chi connectivity index (χ1n) is 6.21. The summed E-state index contributed by atoms with van der Waals surface area (Å²) >= 11 is 5.70. The Morgan fingerprint density at radius 3 is 2.52 bits per heavy atom. The lowest BCUT2D eigenvalue weighted by atomic mass is 9.98. The van der Waals surface area contributed by atoms with Crippen molar-refractivity contribution in [1.82, 2.24) is 0 Å². The van der Waals surface area contributed by atoms with Crippen molar-refractivity contribution >= 4 is 11.6 Å². The standard InChI is InChI=1S/C15H13ClF3NO/c16-11-6-3-4-9(14(11)17)8-12(20)10-5-1-2-7-13(10)21-15(18)19/h1-7,12,15H,8,20H2. The van der Waals surface area contributed by atoms with Crippen LogP contribution in [0, 0.1) is 5.82 Å². The van der Waals surface area contributed by atoms with E-state index in [1.165, 1.54) is 12.1 Å². The molecule has 2 aromatic carbocycles. The van der Waals surface area contributed by atoms with Crippen LogP contribution in [0.5, 0.6) is 5.75 Å². The number of rotatable bonds is 5. The van der Waals surface area contributed by atoms with Crippen LogP contribution in [0.4, 0.5) is 13.2 Å². The quantitative estimate of drug-likeness (QED) is 0.891. The average Bonchev–Trinajstić information content (AvgIpc) is 2.44. The maximum absolute atomic E-state index is 13.8. The Morgan fingerprint density at radius 2 is 1.81 bits per heavy atom. The Morgan fingerprint density at radius 1 is 1.10 bits per heavy atom. The Labute approximate surface area is 125 Å². The molecule has 112 valence electrons. The van der Waals surface area contributed by atoms with Gasteiger partial charge in [-0.15, -0.1) is 0 Å². The monoisotopic (exact) mass is 315 g/mol.